The number of carbonyl (C=O) groups is 2. The maximum absolute atomic E-state index is 12.4. The summed E-state index contributed by atoms with van der Waals surface area (Å²) in [6.07, 6.45) is 0.746. The van der Waals surface area contributed by atoms with Crippen LogP contribution in [0, 0.1) is 5.41 Å². The first-order chi connectivity index (χ1) is 8.47. The fourth-order valence-electron chi connectivity index (χ4n) is 1.81. The normalized spacial score (nSPS) is 14.1. The number of ether oxygens (including phenoxy) is 1. The summed E-state index contributed by atoms with van der Waals surface area (Å²) in [6.45, 7) is 13.9. The van der Waals surface area contributed by atoms with Crippen molar-refractivity contribution in [1.29, 1.82) is 0 Å². The molecule has 0 spiro atoms. The molecule has 0 heterocycles. The SMILES string of the molecule is CCOC(=O)CC[C@H](NC(C)(C)C)C(=O)C(C)(C)C. The summed E-state index contributed by atoms with van der Waals surface area (Å²) in [7, 11) is 0. The molecule has 0 bridgehead atoms. The van der Waals surface area contributed by atoms with E-state index in [1.807, 2.05) is 41.5 Å². The molecule has 0 unspecified atom stereocenters. The lowest BCUT2D eigenvalue weighted by Gasteiger charge is -2.31. The lowest BCUT2D eigenvalue weighted by atomic mass is 9.84. The minimum absolute atomic E-state index is 0.131. The Kier molecular flexibility index (Phi) is 6.70. The van der Waals surface area contributed by atoms with Crippen LogP contribution in [0.4, 0.5) is 0 Å². The Hall–Kier alpha value is -0.900. The van der Waals surface area contributed by atoms with Gasteiger partial charge in [0.15, 0.2) is 5.78 Å². The van der Waals surface area contributed by atoms with Gasteiger partial charge in [-0.3, -0.25) is 9.59 Å². The molecule has 0 rings (SSSR count). The zero-order valence-electron chi connectivity index (χ0n) is 13.4. The molecule has 4 nitrogen and oxygen atoms in total. The third-order valence-electron chi connectivity index (χ3n) is 2.61. The van der Waals surface area contributed by atoms with Crippen LogP contribution in [0.15, 0.2) is 0 Å². The summed E-state index contributed by atoms with van der Waals surface area (Å²) in [5, 5.41) is 3.30. The molecule has 0 aliphatic rings. The van der Waals surface area contributed by atoms with Gasteiger partial charge in [0.05, 0.1) is 12.6 Å². The first-order valence-corrected chi connectivity index (χ1v) is 6.95. The van der Waals surface area contributed by atoms with E-state index in [0.29, 0.717) is 13.0 Å². The Labute approximate surface area is 117 Å². The highest BCUT2D eigenvalue weighted by atomic mass is 16.5. The van der Waals surface area contributed by atoms with Gasteiger partial charge in [-0.1, -0.05) is 20.8 Å². The predicted molar refractivity (Wildman–Crippen MR) is 77.0 cm³/mol. The quantitative estimate of drug-likeness (QED) is 0.755. The van der Waals surface area contributed by atoms with Crippen molar-refractivity contribution in [2.45, 2.75) is 72.9 Å². The van der Waals surface area contributed by atoms with Crippen molar-refractivity contribution in [2.24, 2.45) is 5.41 Å². The highest BCUT2D eigenvalue weighted by Crippen LogP contribution is 2.20. The van der Waals surface area contributed by atoms with Crippen molar-refractivity contribution >= 4 is 11.8 Å². The largest absolute Gasteiger partial charge is 0.466 e. The second-order valence-electron chi connectivity index (χ2n) is 6.90. The van der Waals surface area contributed by atoms with E-state index in [1.165, 1.54) is 0 Å². The number of rotatable bonds is 6. The van der Waals surface area contributed by atoms with E-state index in [0.717, 1.165) is 0 Å². The van der Waals surface area contributed by atoms with Crippen LogP contribution < -0.4 is 5.32 Å². The van der Waals surface area contributed by atoms with E-state index in [4.69, 9.17) is 4.74 Å². The molecule has 0 amide bonds. The zero-order chi connectivity index (χ0) is 15.3. The van der Waals surface area contributed by atoms with E-state index >= 15 is 0 Å². The van der Waals surface area contributed by atoms with Crippen LogP contribution in [0.25, 0.3) is 0 Å². The molecule has 112 valence electrons. The molecule has 0 saturated carbocycles. The van der Waals surface area contributed by atoms with Gasteiger partial charge in [-0.25, -0.2) is 0 Å². The number of ketones is 1. The fourth-order valence-corrected chi connectivity index (χ4v) is 1.81. The summed E-state index contributed by atoms with van der Waals surface area (Å²) in [5.41, 5.74) is -0.586. The molecule has 19 heavy (non-hydrogen) atoms. The first-order valence-electron chi connectivity index (χ1n) is 6.95. The summed E-state index contributed by atoms with van der Waals surface area (Å²) in [4.78, 5) is 23.8. The van der Waals surface area contributed by atoms with Crippen molar-refractivity contribution in [2.75, 3.05) is 6.61 Å². The van der Waals surface area contributed by atoms with Gasteiger partial charge in [-0.2, -0.15) is 0 Å². The van der Waals surface area contributed by atoms with Gasteiger partial charge in [0.25, 0.3) is 0 Å². The van der Waals surface area contributed by atoms with Crippen molar-refractivity contribution < 1.29 is 14.3 Å². The number of Topliss-reactive ketones (excluding diaryl/α,β-unsaturated/α-hetero) is 1. The van der Waals surface area contributed by atoms with Gasteiger partial charge in [0.2, 0.25) is 0 Å². The Bertz CT molecular complexity index is 310. The zero-order valence-corrected chi connectivity index (χ0v) is 13.4. The minimum Gasteiger partial charge on any atom is -0.466 e. The van der Waals surface area contributed by atoms with Gasteiger partial charge >= 0.3 is 5.97 Å². The topological polar surface area (TPSA) is 55.4 Å². The van der Waals surface area contributed by atoms with Gasteiger partial charge in [-0.15, -0.1) is 0 Å². The molecule has 0 aromatic carbocycles. The molecule has 0 aliphatic heterocycles. The molecule has 0 saturated heterocycles. The molecular formula is C15H29NO3. The van der Waals surface area contributed by atoms with E-state index in [-0.39, 0.29) is 29.8 Å². The smallest absolute Gasteiger partial charge is 0.305 e. The highest BCUT2D eigenvalue weighted by molar-refractivity contribution is 5.89. The average Bonchev–Trinajstić information content (AvgIpc) is 2.20. The number of nitrogens with one attached hydrogen (secondary N) is 1. The second-order valence-corrected chi connectivity index (χ2v) is 6.90. The second kappa shape index (κ2) is 7.04. The Morgan fingerprint density at radius 2 is 1.63 bits per heavy atom. The van der Waals surface area contributed by atoms with Crippen LogP contribution in [0.2, 0.25) is 0 Å². The average molecular weight is 271 g/mol. The summed E-state index contributed by atoms with van der Waals surface area (Å²) in [6, 6.07) is -0.315. The summed E-state index contributed by atoms with van der Waals surface area (Å²) < 4.78 is 4.91. The van der Waals surface area contributed by atoms with E-state index in [2.05, 4.69) is 5.32 Å². The molecule has 0 aromatic heterocycles. The number of hydrogen-bond acceptors (Lipinski definition) is 4. The summed E-state index contributed by atoms with van der Waals surface area (Å²) >= 11 is 0. The highest BCUT2D eigenvalue weighted by Gasteiger charge is 2.32. The van der Waals surface area contributed by atoms with Crippen LogP contribution in [-0.4, -0.2) is 29.9 Å². The maximum Gasteiger partial charge on any atom is 0.305 e. The van der Waals surface area contributed by atoms with Gasteiger partial charge < -0.3 is 10.1 Å². The summed E-state index contributed by atoms with van der Waals surface area (Å²) in [5.74, 6) is -0.114. The third kappa shape index (κ3) is 7.98. The molecule has 1 N–H and O–H groups in total. The van der Waals surface area contributed by atoms with E-state index in [9.17, 15) is 9.59 Å². The van der Waals surface area contributed by atoms with Crippen LogP contribution >= 0.6 is 0 Å². The Morgan fingerprint density at radius 1 is 1.11 bits per heavy atom. The fraction of sp³-hybridized carbons (Fsp3) is 0.867. The van der Waals surface area contributed by atoms with E-state index in [1.54, 1.807) is 6.92 Å². The molecule has 0 fully saturated rings. The first kappa shape index (κ1) is 18.1. The van der Waals surface area contributed by atoms with Gasteiger partial charge in [0.1, 0.15) is 0 Å². The number of carbonyl (C=O) groups excluding carboxylic acids is 2. The van der Waals surface area contributed by atoms with E-state index < -0.39 is 5.41 Å². The molecule has 0 radical (unpaired) electrons. The number of hydrogen-bond donors (Lipinski definition) is 1. The lowest BCUT2D eigenvalue weighted by Crippen LogP contribution is -2.51. The monoisotopic (exact) mass is 271 g/mol. The standard InChI is InChI=1S/C15H29NO3/c1-8-19-12(17)10-9-11(16-15(5,6)7)13(18)14(2,3)4/h11,16H,8-10H2,1-7H3/t11-/m0/s1. The molecule has 0 aromatic rings. The van der Waals surface area contributed by atoms with Crippen molar-refractivity contribution in [3.05, 3.63) is 0 Å². The molecular weight excluding hydrogens is 242 g/mol. The molecule has 1 atom stereocenters. The Morgan fingerprint density at radius 3 is 2.00 bits per heavy atom. The van der Waals surface area contributed by atoms with Crippen LogP contribution in [-0.2, 0) is 14.3 Å². The van der Waals surface area contributed by atoms with Crippen molar-refractivity contribution in [3.63, 3.8) is 0 Å². The third-order valence-corrected chi connectivity index (χ3v) is 2.61. The van der Waals surface area contributed by atoms with Crippen molar-refractivity contribution in [3.8, 4) is 0 Å². The predicted octanol–water partition coefficient (Wildman–Crippen LogP) is 2.70. The lowest BCUT2D eigenvalue weighted by molar-refractivity contribution is -0.143. The van der Waals surface area contributed by atoms with Crippen molar-refractivity contribution in [1.82, 2.24) is 5.32 Å². The maximum atomic E-state index is 12.4. The molecule has 0 aliphatic carbocycles. The van der Waals surface area contributed by atoms with Gasteiger partial charge in [0, 0.05) is 17.4 Å². The van der Waals surface area contributed by atoms with Crippen LogP contribution in [0.1, 0.15) is 61.3 Å². The van der Waals surface area contributed by atoms with Crippen LogP contribution in [0.3, 0.4) is 0 Å². The minimum atomic E-state index is -0.419. The number of esters is 1. The molecule has 4 heteroatoms. The van der Waals surface area contributed by atoms with Crippen LogP contribution in [0.5, 0.6) is 0 Å². The Balaban J connectivity index is 4.70. The van der Waals surface area contributed by atoms with Gasteiger partial charge in [-0.05, 0) is 34.1 Å².